The van der Waals surface area contributed by atoms with Gasteiger partial charge in [0.1, 0.15) is 4.99 Å². The van der Waals surface area contributed by atoms with Crippen LogP contribution in [0.3, 0.4) is 0 Å². The first-order chi connectivity index (χ1) is 5.61. The van der Waals surface area contributed by atoms with E-state index in [1.165, 1.54) is 12.1 Å². The quantitative estimate of drug-likeness (QED) is 0.634. The predicted molar refractivity (Wildman–Crippen MR) is 46.7 cm³/mol. The van der Waals surface area contributed by atoms with Gasteiger partial charge in [0.2, 0.25) is 0 Å². The Morgan fingerprint density at radius 3 is 2.00 bits per heavy atom. The Hall–Kier alpha value is -1.42. The molecule has 0 fully saturated rings. The Bertz CT molecular complexity index is 285. The van der Waals surface area contributed by atoms with Gasteiger partial charge in [-0.2, -0.15) is 0 Å². The van der Waals surface area contributed by atoms with Crippen LogP contribution in [0.2, 0.25) is 0 Å². The van der Waals surface area contributed by atoms with E-state index in [2.05, 4.69) is 12.2 Å². The molecule has 0 saturated carbocycles. The van der Waals surface area contributed by atoms with Crippen molar-refractivity contribution in [1.29, 1.82) is 0 Å². The number of carbonyl (C=O) groups is 1. The van der Waals surface area contributed by atoms with E-state index in [0.29, 0.717) is 5.56 Å². The lowest BCUT2D eigenvalue weighted by Crippen LogP contribution is -2.22. The van der Waals surface area contributed by atoms with Gasteiger partial charge in [-0.05, 0) is 5.56 Å². The van der Waals surface area contributed by atoms with Gasteiger partial charge in [0.15, 0.2) is 0 Å². The van der Waals surface area contributed by atoms with Crippen molar-refractivity contribution in [3.8, 4) is 0 Å². The lowest BCUT2D eigenvalue weighted by molar-refractivity contribution is -0.255. The van der Waals surface area contributed by atoms with E-state index >= 15 is 0 Å². The number of benzene rings is 1. The highest BCUT2D eigenvalue weighted by atomic mass is 32.1. The minimum Gasteiger partial charge on any atom is -0.545 e. The van der Waals surface area contributed by atoms with Crippen molar-refractivity contribution in [3.63, 3.8) is 0 Å². The first-order valence-electron chi connectivity index (χ1n) is 3.22. The summed E-state index contributed by atoms with van der Waals surface area (Å²) in [5, 5.41) is 10.3. The van der Waals surface area contributed by atoms with Crippen LogP contribution in [0.25, 0.3) is 0 Å². The molecule has 62 valence electrons. The highest BCUT2D eigenvalue weighted by molar-refractivity contribution is 7.80. The van der Waals surface area contributed by atoms with Gasteiger partial charge in [-0.15, -0.1) is 0 Å². The molecule has 12 heavy (non-hydrogen) atoms. The van der Waals surface area contributed by atoms with Gasteiger partial charge >= 0.3 is 0 Å². The van der Waals surface area contributed by atoms with Gasteiger partial charge in [-0.25, -0.2) is 0 Å². The Balaban J connectivity index is 3.01. The molecule has 0 aliphatic carbocycles. The summed E-state index contributed by atoms with van der Waals surface area (Å²) >= 11 is 4.69. The fourth-order valence-corrected chi connectivity index (χ4v) is 0.907. The fraction of sp³-hybridized carbons (Fsp3) is 0. The van der Waals surface area contributed by atoms with Crippen LogP contribution >= 0.6 is 12.2 Å². The van der Waals surface area contributed by atoms with E-state index in [4.69, 9.17) is 5.73 Å². The number of hydrogen-bond donors (Lipinski definition) is 1. The summed E-state index contributed by atoms with van der Waals surface area (Å²) in [7, 11) is 0. The zero-order valence-electron chi connectivity index (χ0n) is 6.11. The minimum atomic E-state index is -1.20. The maximum absolute atomic E-state index is 10.3. The van der Waals surface area contributed by atoms with E-state index in [9.17, 15) is 9.90 Å². The molecule has 1 aromatic carbocycles. The van der Waals surface area contributed by atoms with Crippen molar-refractivity contribution in [2.45, 2.75) is 0 Å². The average molecular weight is 180 g/mol. The van der Waals surface area contributed by atoms with Crippen LogP contribution < -0.4 is 10.8 Å². The van der Waals surface area contributed by atoms with Gasteiger partial charge < -0.3 is 15.6 Å². The SMILES string of the molecule is NC(=S)c1ccc(C(=O)[O-])cc1. The Kier molecular flexibility index (Phi) is 2.40. The molecule has 0 aromatic heterocycles. The molecule has 1 aromatic rings. The third-order valence-corrected chi connectivity index (χ3v) is 1.64. The van der Waals surface area contributed by atoms with Gasteiger partial charge in [0.05, 0.1) is 5.97 Å². The number of nitrogens with two attached hydrogens (primary N) is 1. The van der Waals surface area contributed by atoms with Gasteiger partial charge in [-0.1, -0.05) is 36.5 Å². The highest BCUT2D eigenvalue weighted by Gasteiger charge is 1.96. The third kappa shape index (κ3) is 1.79. The van der Waals surface area contributed by atoms with Crippen molar-refractivity contribution >= 4 is 23.2 Å². The lowest BCUT2D eigenvalue weighted by Gasteiger charge is -2.02. The number of carboxylic acid groups (broad SMARTS) is 1. The summed E-state index contributed by atoms with van der Waals surface area (Å²) < 4.78 is 0. The zero-order valence-corrected chi connectivity index (χ0v) is 6.93. The van der Waals surface area contributed by atoms with E-state index in [-0.39, 0.29) is 10.6 Å². The second-order valence-electron chi connectivity index (χ2n) is 2.23. The maximum Gasteiger partial charge on any atom is 0.103 e. The van der Waals surface area contributed by atoms with E-state index in [1.54, 1.807) is 12.1 Å². The second kappa shape index (κ2) is 3.32. The largest absolute Gasteiger partial charge is 0.545 e. The number of hydrogen-bond acceptors (Lipinski definition) is 3. The van der Waals surface area contributed by atoms with Crippen molar-refractivity contribution in [2.75, 3.05) is 0 Å². The minimum absolute atomic E-state index is 0.120. The summed E-state index contributed by atoms with van der Waals surface area (Å²) in [6.07, 6.45) is 0. The summed E-state index contributed by atoms with van der Waals surface area (Å²) in [5.74, 6) is -1.20. The molecule has 0 aliphatic heterocycles. The Morgan fingerprint density at radius 1 is 1.25 bits per heavy atom. The molecule has 0 amide bonds. The van der Waals surface area contributed by atoms with Crippen LogP contribution in [-0.2, 0) is 0 Å². The van der Waals surface area contributed by atoms with Crippen molar-refractivity contribution in [3.05, 3.63) is 35.4 Å². The number of carboxylic acids is 1. The maximum atomic E-state index is 10.3. The molecule has 0 spiro atoms. The van der Waals surface area contributed by atoms with Crippen LogP contribution in [0.15, 0.2) is 24.3 Å². The van der Waals surface area contributed by atoms with Crippen molar-refractivity contribution in [2.24, 2.45) is 5.73 Å². The second-order valence-corrected chi connectivity index (χ2v) is 2.67. The molecule has 0 radical (unpaired) electrons. The number of aromatic carboxylic acids is 1. The van der Waals surface area contributed by atoms with Gasteiger partial charge in [0, 0.05) is 5.56 Å². The van der Waals surface area contributed by atoms with Gasteiger partial charge in [0.25, 0.3) is 0 Å². The predicted octanol–water partition coefficient (Wildman–Crippen LogP) is -0.316. The Labute approximate surface area is 74.8 Å². The molecule has 4 heteroatoms. The zero-order chi connectivity index (χ0) is 9.14. The summed E-state index contributed by atoms with van der Waals surface area (Å²) in [5.41, 5.74) is 6.08. The Morgan fingerprint density at radius 2 is 1.67 bits per heavy atom. The van der Waals surface area contributed by atoms with Crippen LogP contribution in [0.1, 0.15) is 15.9 Å². The van der Waals surface area contributed by atoms with Crippen LogP contribution in [0, 0.1) is 0 Å². The van der Waals surface area contributed by atoms with E-state index < -0.39 is 5.97 Å². The average Bonchev–Trinajstić information content (AvgIpc) is 2.04. The molecular weight excluding hydrogens is 174 g/mol. The molecule has 0 aliphatic rings. The van der Waals surface area contributed by atoms with Crippen LogP contribution in [0.5, 0.6) is 0 Å². The smallest absolute Gasteiger partial charge is 0.103 e. The van der Waals surface area contributed by atoms with E-state index in [1.807, 2.05) is 0 Å². The van der Waals surface area contributed by atoms with Crippen LogP contribution in [0.4, 0.5) is 0 Å². The van der Waals surface area contributed by atoms with Crippen molar-refractivity contribution in [1.82, 2.24) is 0 Å². The lowest BCUT2D eigenvalue weighted by atomic mass is 10.1. The first kappa shape index (κ1) is 8.67. The standard InChI is InChI=1S/C8H7NO2S/c9-7(12)5-1-3-6(4-2-5)8(10)11/h1-4H,(H2,9,12)(H,10,11)/p-1. The molecular formula is C8H6NO2S-. The molecule has 0 heterocycles. The third-order valence-electron chi connectivity index (χ3n) is 1.41. The summed E-state index contributed by atoms with van der Waals surface area (Å²) in [4.78, 5) is 10.6. The summed E-state index contributed by atoms with van der Waals surface area (Å²) in [6.45, 7) is 0. The van der Waals surface area contributed by atoms with E-state index in [0.717, 1.165) is 0 Å². The number of carbonyl (C=O) groups excluding carboxylic acids is 1. The molecule has 0 unspecified atom stereocenters. The highest BCUT2D eigenvalue weighted by Crippen LogP contribution is 2.02. The molecule has 0 saturated heterocycles. The van der Waals surface area contributed by atoms with Crippen molar-refractivity contribution < 1.29 is 9.90 Å². The number of thiocarbonyl (C=S) groups is 1. The molecule has 0 bridgehead atoms. The normalized spacial score (nSPS) is 9.33. The number of rotatable bonds is 2. The van der Waals surface area contributed by atoms with Gasteiger partial charge in [-0.3, -0.25) is 0 Å². The van der Waals surface area contributed by atoms with Crippen LogP contribution in [-0.4, -0.2) is 11.0 Å². The topological polar surface area (TPSA) is 66.2 Å². The molecule has 2 N–H and O–H groups in total. The molecule has 1 rings (SSSR count). The fourth-order valence-electron chi connectivity index (χ4n) is 0.771. The molecule has 0 atom stereocenters. The first-order valence-corrected chi connectivity index (χ1v) is 3.63. The monoisotopic (exact) mass is 180 g/mol. The summed E-state index contributed by atoms with van der Waals surface area (Å²) in [6, 6.07) is 5.91. The molecule has 3 nitrogen and oxygen atoms in total.